The van der Waals surface area contributed by atoms with Crippen molar-refractivity contribution < 1.29 is 8.78 Å². The molecule has 1 aromatic rings. The average Bonchev–Trinajstić information content (AvgIpc) is 2.72. The molecule has 82 valence electrons. The zero-order valence-corrected chi connectivity index (χ0v) is 9.12. The van der Waals surface area contributed by atoms with Gasteiger partial charge in [0.15, 0.2) is 0 Å². The van der Waals surface area contributed by atoms with Crippen LogP contribution >= 0.6 is 11.8 Å². The Bertz CT molecular complexity index is 337. The molecule has 1 aromatic carbocycles. The van der Waals surface area contributed by atoms with Gasteiger partial charge in [-0.25, -0.2) is 8.78 Å². The van der Waals surface area contributed by atoms with Gasteiger partial charge in [-0.1, -0.05) is 0 Å². The van der Waals surface area contributed by atoms with Crippen LogP contribution in [0.5, 0.6) is 0 Å². The van der Waals surface area contributed by atoms with Crippen LogP contribution in [-0.2, 0) is 6.54 Å². The Kier molecular flexibility index (Phi) is 3.59. The summed E-state index contributed by atoms with van der Waals surface area (Å²) in [6.45, 7) is 0.412. The Morgan fingerprint density at radius 2 is 2.27 bits per heavy atom. The molecule has 0 unspecified atom stereocenters. The number of halogens is 2. The van der Waals surface area contributed by atoms with Crippen molar-refractivity contribution in [3.63, 3.8) is 0 Å². The van der Waals surface area contributed by atoms with Gasteiger partial charge in [0, 0.05) is 23.9 Å². The molecule has 1 N–H and O–H groups in total. The minimum Gasteiger partial charge on any atom is -0.309 e. The molecule has 0 aromatic heterocycles. The number of nitrogens with one attached hydrogen (secondary N) is 1. The van der Waals surface area contributed by atoms with Crippen molar-refractivity contribution in [2.75, 3.05) is 11.5 Å². The molecule has 0 radical (unpaired) electrons. The zero-order chi connectivity index (χ0) is 10.7. The maximum Gasteiger partial charge on any atom is 0.127 e. The van der Waals surface area contributed by atoms with Crippen LogP contribution in [0.15, 0.2) is 18.2 Å². The van der Waals surface area contributed by atoms with Crippen LogP contribution in [0.3, 0.4) is 0 Å². The second kappa shape index (κ2) is 4.94. The Balaban J connectivity index is 1.94. The van der Waals surface area contributed by atoms with Gasteiger partial charge in [0.05, 0.1) is 0 Å². The molecule has 1 nitrogen and oxygen atoms in total. The highest BCUT2D eigenvalue weighted by Gasteiger charge is 2.15. The van der Waals surface area contributed by atoms with Crippen molar-refractivity contribution >= 4 is 11.8 Å². The van der Waals surface area contributed by atoms with E-state index in [0.717, 1.165) is 24.0 Å². The minimum atomic E-state index is -0.381. The van der Waals surface area contributed by atoms with E-state index in [1.807, 2.05) is 11.8 Å². The van der Waals surface area contributed by atoms with Gasteiger partial charge in [-0.15, -0.1) is 0 Å². The van der Waals surface area contributed by atoms with Gasteiger partial charge < -0.3 is 5.32 Å². The largest absolute Gasteiger partial charge is 0.309 e. The summed E-state index contributed by atoms with van der Waals surface area (Å²) in [7, 11) is 0. The van der Waals surface area contributed by atoms with E-state index < -0.39 is 0 Å². The summed E-state index contributed by atoms with van der Waals surface area (Å²) >= 11 is 1.89. The third-order valence-corrected chi connectivity index (χ3v) is 3.68. The number of rotatable bonds is 3. The normalized spacial score (nSPS) is 20.8. The van der Waals surface area contributed by atoms with Crippen LogP contribution in [0.4, 0.5) is 8.78 Å². The smallest absolute Gasteiger partial charge is 0.127 e. The quantitative estimate of drug-likeness (QED) is 0.855. The van der Waals surface area contributed by atoms with E-state index in [4.69, 9.17) is 0 Å². The van der Waals surface area contributed by atoms with Crippen LogP contribution < -0.4 is 5.32 Å². The standard InChI is InChI=1S/C11H13F2NS/c12-9-1-2-11(13)8(5-9)6-14-10-3-4-15-7-10/h1-2,5,10,14H,3-4,6-7H2/t10-/m1/s1. The molecule has 0 amide bonds. The lowest BCUT2D eigenvalue weighted by Gasteiger charge is -2.11. The van der Waals surface area contributed by atoms with Gasteiger partial charge in [-0.05, 0) is 30.4 Å². The molecular formula is C11H13F2NS. The van der Waals surface area contributed by atoms with Crippen LogP contribution in [0.2, 0.25) is 0 Å². The van der Waals surface area contributed by atoms with Gasteiger partial charge in [-0.3, -0.25) is 0 Å². The molecule has 2 rings (SSSR count). The molecule has 4 heteroatoms. The van der Waals surface area contributed by atoms with Crippen LogP contribution in [0.25, 0.3) is 0 Å². The molecule has 1 saturated heterocycles. The molecule has 1 atom stereocenters. The molecule has 0 bridgehead atoms. The van der Waals surface area contributed by atoms with Gasteiger partial charge in [-0.2, -0.15) is 11.8 Å². The lowest BCUT2D eigenvalue weighted by Crippen LogP contribution is -2.28. The van der Waals surface area contributed by atoms with E-state index in [-0.39, 0.29) is 11.6 Å². The number of hydrogen-bond acceptors (Lipinski definition) is 2. The molecule has 0 saturated carbocycles. The third kappa shape index (κ3) is 2.92. The Labute approximate surface area is 92.3 Å². The van der Waals surface area contributed by atoms with Crippen molar-refractivity contribution in [2.45, 2.75) is 19.0 Å². The van der Waals surface area contributed by atoms with E-state index in [1.165, 1.54) is 12.1 Å². The fourth-order valence-corrected chi connectivity index (χ4v) is 2.82. The lowest BCUT2D eigenvalue weighted by atomic mass is 10.2. The van der Waals surface area contributed by atoms with E-state index in [9.17, 15) is 8.78 Å². The van der Waals surface area contributed by atoms with Gasteiger partial charge in [0.2, 0.25) is 0 Å². The first-order chi connectivity index (χ1) is 7.25. The number of thioether (sulfide) groups is 1. The molecule has 0 spiro atoms. The Morgan fingerprint density at radius 3 is 3.00 bits per heavy atom. The summed E-state index contributed by atoms with van der Waals surface area (Å²) < 4.78 is 26.1. The molecule has 15 heavy (non-hydrogen) atoms. The minimum absolute atomic E-state index is 0.338. The first kappa shape index (κ1) is 10.9. The molecule has 1 aliphatic heterocycles. The van der Waals surface area contributed by atoms with Crippen molar-refractivity contribution in [3.05, 3.63) is 35.4 Å². The fraction of sp³-hybridized carbons (Fsp3) is 0.455. The highest BCUT2D eigenvalue weighted by Crippen LogP contribution is 2.18. The summed E-state index contributed by atoms with van der Waals surface area (Å²) in [5, 5.41) is 3.24. The SMILES string of the molecule is Fc1ccc(F)c(CN[C@@H]2CCSC2)c1. The Morgan fingerprint density at radius 1 is 1.40 bits per heavy atom. The van der Waals surface area contributed by atoms with E-state index in [0.29, 0.717) is 18.2 Å². The van der Waals surface area contributed by atoms with Gasteiger partial charge >= 0.3 is 0 Å². The molecule has 1 fully saturated rings. The van der Waals surface area contributed by atoms with Crippen LogP contribution in [0.1, 0.15) is 12.0 Å². The summed E-state index contributed by atoms with van der Waals surface area (Å²) in [4.78, 5) is 0. The highest BCUT2D eigenvalue weighted by atomic mass is 32.2. The monoisotopic (exact) mass is 229 g/mol. The van der Waals surface area contributed by atoms with E-state index in [1.54, 1.807) is 0 Å². The highest BCUT2D eigenvalue weighted by molar-refractivity contribution is 7.99. The van der Waals surface area contributed by atoms with Crippen molar-refractivity contribution in [1.29, 1.82) is 0 Å². The van der Waals surface area contributed by atoms with Crippen molar-refractivity contribution in [2.24, 2.45) is 0 Å². The zero-order valence-electron chi connectivity index (χ0n) is 8.30. The fourth-order valence-electron chi connectivity index (χ4n) is 1.63. The summed E-state index contributed by atoms with van der Waals surface area (Å²) in [5.74, 6) is 1.50. The molecule has 0 aliphatic carbocycles. The number of hydrogen-bond donors (Lipinski definition) is 1. The summed E-state index contributed by atoms with van der Waals surface area (Å²) in [5.41, 5.74) is 0.409. The second-order valence-corrected chi connectivity index (χ2v) is 4.83. The van der Waals surface area contributed by atoms with Crippen LogP contribution in [0, 0.1) is 11.6 Å². The third-order valence-electron chi connectivity index (χ3n) is 2.52. The van der Waals surface area contributed by atoms with Crippen molar-refractivity contribution in [3.8, 4) is 0 Å². The van der Waals surface area contributed by atoms with Crippen molar-refractivity contribution in [1.82, 2.24) is 5.32 Å². The first-order valence-electron chi connectivity index (χ1n) is 5.01. The van der Waals surface area contributed by atoms with Gasteiger partial charge in [0.1, 0.15) is 11.6 Å². The lowest BCUT2D eigenvalue weighted by molar-refractivity contribution is 0.527. The first-order valence-corrected chi connectivity index (χ1v) is 6.16. The molecule has 1 aliphatic rings. The van der Waals surface area contributed by atoms with Gasteiger partial charge in [0.25, 0.3) is 0 Å². The predicted octanol–water partition coefficient (Wildman–Crippen LogP) is 2.56. The second-order valence-electron chi connectivity index (χ2n) is 3.68. The molecular weight excluding hydrogens is 216 g/mol. The Hall–Kier alpha value is -0.610. The van der Waals surface area contributed by atoms with E-state index in [2.05, 4.69) is 5.32 Å². The average molecular weight is 229 g/mol. The maximum atomic E-state index is 13.2. The van der Waals surface area contributed by atoms with Crippen LogP contribution in [-0.4, -0.2) is 17.5 Å². The molecule has 1 heterocycles. The summed E-state index contributed by atoms with van der Waals surface area (Å²) in [6.07, 6.45) is 1.11. The topological polar surface area (TPSA) is 12.0 Å². The maximum absolute atomic E-state index is 13.2. The summed E-state index contributed by atoms with van der Waals surface area (Å²) in [6, 6.07) is 4.02. The number of benzene rings is 1. The van der Waals surface area contributed by atoms with E-state index >= 15 is 0 Å². The predicted molar refractivity (Wildman–Crippen MR) is 58.9 cm³/mol.